The number of para-hydroxylation sites is 3. The molecule has 0 radical (unpaired) electrons. The molecule has 1 aliphatic heterocycles. The Kier molecular flexibility index (Phi) is 9.66. The molecular formula is C34H32F3N5O6. The molecular weight excluding hydrogens is 631 g/mol. The number of nitrogens with zero attached hydrogens (tertiary/aromatic N) is 3. The molecule has 0 saturated heterocycles. The summed E-state index contributed by atoms with van der Waals surface area (Å²) < 4.78 is 45.3. The van der Waals surface area contributed by atoms with Crippen LogP contribution >= 0.6 is 0 Å². The number of nitrogens with one attached hydrogen (secondary N) is 2. The third-order valence-corrected chi connectivity index (χ3v) is 8.03. The highest BCUT2D eigenvalue weighted by molar-refractivity contribution is 6.13. The van der Waals surface area contributed by atoms with Crippen LogP contribution in [0.4, 0.5) is 24.5 Å². The minimum atomic E-state index is -4.72. The van der Waals surface area contributed by atoms with Crippen molar-refractivity contribution in [3.8, 4) is 5.75 Å². The molecule has 0 fully saturated rings. The number of likely N-dealkylation sites (N-methyl/N-ethyl adjacent to an activating group) is 1. The van der Waals surface area contributed by atoms with Crippen LogP contribution in [-0.4, -0.2) is 62.0 Å². The lowest BCUT2D eigenvalue weighted by molar-refractivity contribution is -0.577. The molecule has 5 rings (SSSR count). The number of carbonyl (C=O) groups is 4. The summed E-state index contributed by atoms with van der Waals surface area (Å²) in [7, 11) is 1.56. The van der Waals surface area contributed by atoms with Crippen LogP contribution in [0.25, 0.3) is 10.9 Å². The number of Topliss-reactive ketones (excluding diaryl/α,β-unsaturated/α-hetero) is 1. The number of carbonyl (C=O) groups excluding carboxylic acids is 4. The van der Waals surface area contributed by atoms with Crippen molar-refractivity contribution < 1.29 is 41.8 Å². The van der Waals surface area contributed by atoms with Gasteiger partial charge < -0.3 is 30.4 Å². The fourth-order valence-electron chi connectivity index (χ4n) is 5.39. The number of hydrogen-bond acceptors (Lipinski definition) is 7. The summed E-state index contributed by atoms with van der Waals surface area (Å²) >= 11 is 0. The summed E-state index contributed by atoms with van der Waals surface area (Å²) in [5, 5.41) is 18.6. The number of ether oxygens (including phenoxy) is 1. The highest BCUT2D eigenvalue weighted by Crippen LogP contribution is 2.37. The van der Waals surface area contributed by atoms with Crippen molar-refractivity contribution in [1.29, 1.82) is 0 Å². The first kappa shape index (κ1) is 33.9. The highest BCUT2D eigenvalue weighted by atomic mass is 19.4. The number of ketones is 1. The average molecular weight is 664 g/mol. The van der Waals surface area contributed by atoms with Crippen LogP contribution in [0, 0.1) is 5.21 Å². The van der Waals surface area contributed by atoms with E-state index in [2.05, 4.69) is 10.6 Å². The SMILES string of the molecule is CNC(C)C(=O)N[C@H]1CN(C(=O)c2ccc(C(C)=O)cc2)c2ccccc2N(Cc2c(OCC(F)(F)F)c[n+]([O-])c3ccccc23)C1=O. The van der Waals surface area contributed by atoms with E-state index in [1.54, 1.807) is 50.4 Å². The van der Waals surface area contributed by atoms with Gasteiger partial charge in [0.25, 0.3) is 11.8 Å². The Labute approximate surface area is 273 Å². The van der Waals surface area contributed by atoms with E-state index in [1.165, 1.54) is 53.1 Å². The first-order valence-electron chi connectivity index (χ1n) is 14.9. The molecule has 0 aliphatic carbocycles. The van der Waals surface area contributed by atoms with Gasteiger partial charge in [0.15, 0.2) is 18.1 Å². The number of halogens is 3. The maximum Gasteiger partial charge on any atom is 0.422 e. The smallest absolute Gasteiger partial charge is 0.422 e. The molecule has 1 aromatic heterocycles. The normalized spacial score (nSPS) is 15.5. The van der Waals surface area contributed by atoms with Gasteiger partial charge in [0.1, 0.15) is 6.04 Å². The number of alkyl halides is 3. The molecule has 4 aromatic rings. The van der Waals surface area contributed by atoms with E-state index in [1.807, 2.05) is 0 Å². The van der Waals surface area contributed by atoms with E-state index >= 15 is 0 Å². The van der Waals surface area contributed by atoms with Crippen LogP contribution in [-0.2, 0) is 16.1 Å². The van der Waals surface area contributed by atoms with Crippen LogP contribution in [0.1, 0.15) is 40.1 Å². The van der Waals surface area contributed by atoms with Gasteiger partial charge in [-0.3, -0.25) is 19.2 Å². The maximum absolute atomic E-state index is 14.4. The first-order chi connectivity index (χ1) is 22.8. The Hall–Kier alpha value is -5.50. The zero-order valence-electron chi connectivity index (χ0n) is 26.2. The van der Waals surface area contributed by atoms with E-state index in [0.717, 1.165) is 6.20 Å². The first-order valence-corrected chi connectivity index (χ1v) is 14.9. The van der Waals surface area contributed by atoms with Crippen LogP contribution < -0.4 is 29.9 Å². The number of amides is 3. The van der Waals surface area contributed by atoms with Crippen molar-refractivity contribution in [3.63, 3.8) is 0 Å². The average Bonchev–Trinajstić information content (AvgIpc) is 3.18. The standard InChI is InChI=1S/C34H32F3N5O6/c1-20(38-3)31(44)39-26-17-41(32(45)23-14-12-22(13-15-23)21(2)43)29-11-7-6-10-28(29)40(33(26)46)16-25-24-8-4-5-9-27(24)42(47)18-30(25)48-19-34(35,36)37/h4-15,18,20,26,38H,16-17,19H2,1-3H3,(H,39,44)/t20?,26-/m0/s1. The molecule has 0 bridgehead atoms. The van der Waals surface area contributed by atoms with Gasteiger partial charge in [-0.15, -0.1) is 0 Å². The van der Waals surface area contributed by atoms with Gasteiger partial charge in [-0.25, -0.2) is 0 Å². The lowest BCUT2D eigenvalue weighted by Crippen LogP contribution is -2.55. The number of hydrogen-bond donors (Lipinski definition) is 2. The van der Waals surface area contributed by atoms with Crippen molar-refractivity contribution in [2.75, 3.05) is 30.0 Å². The van der Waals surface area contributed by atoms with Gasteiger partial charge >= 0.3 is 6.18 Å². The van der Waals surface area contributed by atoms with Crippen molar-refractivity contribution in [2.24, 2.45) is 0 Å². The zero-order valence-corrected chi connectivity index (χ0v) is 26.2. The number of rotatable bonds is 9. The predicted octanol–water partition coefficient (Wildman–Crippen LogP) is 3.90. The van der Waals surface area contributed by atoms with E-state index < -0.39 is 48.3 Å². The Morgan fingerprint density at radius 3 is 2.27 bits per heavy atom. The minimum Gasteiger partial charge on any atom is -0.618 e. The van der Waals surface area contributed by atoms with Gasteiger partial charge in [-0.05, 0) is 51.2 Å². The van der Waals surface area contributed by atoms with Gasteiger partial charge in [0.2, 0.25) is 17.6 Å². The lowest BCUT2D eigenvalue weighted by atomic mass is 10.1. The second-order valence-corrected chi connectivity index (χ2v) is 11.3. The molecule has 2 heterocycles. The Balaban J connectivity index is 1.66. The number of aromatic nitrogens is 1. The third kappa shape index (κ3) is 7.08. The summed E-state index contributed by atoms with van der Waals surface area (Å²) in [5.74, 6) is -2.30. The Morgan fingerprint density at radius 2 is 1.62 bits per heavy atom. The zero-order chi connectivity index (χ0) is 34.7. The summed E-state index contributed by atoms with van der Waals surface area (Å²) in [6, 6.07) is 16.6. The van der Waals surface area contributed by atoms with Gasteiger partial charge in [-0.1, -0.05) is 36.4 Å². The largest absolute Gasteiger partial charge is 0.618 e. The van der Waals surface area contributed by atoms with Crippen LogP contribution in [0.3, 0.4) is 0 Å². The second kappa shape index (κ2) is 13.7. The van der Waals surface area contributed by atoms with E-state index in [4.69, 9.17) is 4.74 Å². The van der Waals surface area contributed by atoms with E-state index in [0.29, 0.717) is 10.3 Å². The number of anilines is 2. The van der Waals surface area contributed by atoms with Gasteiger partial charge in [-0.2, -0.15) is 17.9 Å². The molecule has 2 N–H and O–H groups in total. The van der Waals surface area contributed by atoms with Gasteiger partial charge in [0, 0.05) is 22.8 Å². The van der Waals surface area contributed by atoms with Crippen LogP contribution in [0.2, 0.25) is 0 Å². The van der Waals surface area contributed by atoms with Crippen molar-refractivity contribution >= 4 is 45.8 Å². The monoisotopic (exact) mass is 663 g/mol. The molecule has 14 heteroatoms. The molecule has 250 valence electrons. The van der Waals surface area contributed by atoms with E-state index in [9.17, 15) is 37.6 Å². The Morgan fingerprint density at radius 1 is 1.00 bits per heavy atom. The summed E-state index contributed by atoms with van der Waals surface area (Å²) in [6.07, 6.45) is -3.84. The number of pyridine rings is 1. The molecule has 3 amide bonds. The lowest BCUT2D eigenvalue weighted by Gasteiger charge is -2.27. The minimum absolute atomic E-state index is 0.110. The molecule has 11 nitrogen and oxygen atoms in total. The van der Waals surface area contributed by atoms with Crippen LogP contribution in [0.5, 0.6) is 5.75 Å². The molecule has 1 aliphatic rings. The quantitative estimate of drug-likeness (QED) is 0.158. The number of benzene rings is 3. The van der Waals surface area contributed by atoms with Crippen molar-refractivity contribution in [3.05, 3.63) is 101 Å². The molecule has 2 atom stereocenters. The predicted molar refractivity (Wildman–Crippen MR) is 171 cm³/mol. The summed E-state index contributed by atoms with van der Waals surface area (Å²) in [6.45, 7) is 0.617. The second-order valence-electron chi connectivity index (χ2n) is 11.3. The van der Waals surface area contributed by atoms with Crippen molar-refractivity contribution in [2.45, 2.75) is 38.7 Å². The highest BCUT2D eigenvalue weighted by Gasteiger charge is 2.39. The third-order valence-electron chi connectivity index (χ3n) is 8.03. The number of fused-ring (bicyclic) bond motifs is 2. The topological polar surface area (TPSA) is 135 Å². The Bertz CT molecular complexity index is 1880. The maximum atomic E-state index is 14.4. The molecule has 1 unspecified atom stereocenters. The summed E-state index contributed by atoms with van der Waals surface area (Å²) in [4.78, 5) is 56.0. The van der Waals surface area contributed by atoms with E-state index in [-0.39, 0.29) is 52.3 Å². The molecule has 3 aromatic carbocycles. The fraction of sp³-hybridized carbons (Fsp3) is 0.265. The van der Waals surface area contributed by atoms with Gasteiger partial charge in [0.05, 0.1) is 35.9 Å². The molecule has 0 spiro atoms. The fourth-order valence-corrected chi connectivity index (χ4v) is 5.39. The summed E-state index contributed by atoms with van der Waals surface area (Å²) in [5.41, 5.74) is 1.34. The molecule has 0 saturated carbocycles. The molecule has 48 heavy (non-hydrogen) atoms. The van der Waals surface area contributed by atoms with Crippen molar-refractivity contribution in [1.82, 2.24) is 10.6 Å². The van der Waals surface area contributed by atoms with Crippen LogP contribution in [0.15, 0.2) is 79.0 Å².